The van der Waals surface area contributed by atoms with E-state index in [9.17, 15) is 18.4 Å². The van der Waals surface area contributed by atoms with E-state index in [1.54, 1.807) is 0 Å². The lowest BCUT2D eigenvalue weighted by Crippen LogP contribution is -2.26. The molecule has 0 bridgehead atoms. The van der Waals surface area contributed by atoms with Gasteiger partial charge in [-0.15, -0.1) is 0 Å². The molecule has 1 aliphatic rings. The van der Waals surface area contributed by atoms with Crippen LogP contribution in [0.1, 0.15) is 13.3 Å². The number of carbonyl (C=O) groups excluding carboxylic acids is 2. The topological polar surface area (TPSA) is 37.4 Å². The second-order valence-corrected chi connectivity index (χ2v) is 6.20. The quantitative estimate of drug-likeness (QED) is 0.858. The maximum Gasteiger partial charge on any atom is 0.227 e. The SMILES string of the molecule is CC(=O)SCC1CC(=O)N(c2c(F)cc(F)cc2Cl)C1. The first-order valence-corrected chi connectivity index (χ1v) is 7.33. The fourth-order valence-corrected chi connectivity index (χ4v) is 3.13. The molecule has 0 aromatic heterocycles. The third kappa shape index (κ3) is 3.30. The standard InChI is InChI=1S/C13H12ClF2NO2S/c1-7(18)20-6-8-2-12(19)17(5-8)13-10(14)3-9(15)4-11(13)16/h3-4,8H,2,5-6H2,1H3. The molecule has 1 amide bonds. The van der Waals surface area contributed by atoms with E-state index in [0.29, 0.717) is 11.8 Å². The zero-order valence-electron chi connectivity index (χ0n) is 10.7. The number of nitrogens with zero attached hydrogens (tertiary/aromatic N) is 1. The smallest absolute Gasteiger partial charge is 0.227 e. The molecule has 3 nitrogen and oxygen atoms in total. The van der Waals surface area contributed by atoms with Crippen LogP contribution in [0, 0.1) is 17.6 Å². The van der Waals surface area contributed by atoms with Gasteiger partial charge < -0.3 is 4.90 Å². The number of hydrogen-bond acceptors (Lipinski definition) is 3. The molecule has 0 N–H and O–H groups in total. The Morgan fingerprint density at radius 1 is 1.50 bits per heavy atom. The van der Waals surface area contributed by atoms with Crippen molar-refractivity contribution >= 4 is 40.1 Å². The highest BCUT2D eigenvalue weighted by Crippen LogP contribution is 2.35. The largest absolute Gasteiger partial charge is 0.308 e. The Morgan fingerprint density at radius 2 is 2.20 bits per heavy atom. The molecule has 1 fully saturated rings. The fraction of sp³-hybridized carbons (Fsp3) is 0.385. The first-order valence-electron chi connectivity index (χ1n) is 5.96. The van der Waals surface area contributed by atoms with E-state index in [1.165, 1.54) is 11.8 Å². The molecule has 0 spiro atoms. The van der Waals surface area contributed by atoms with Crippen LogP contribution in [0.15, 0.2) is 12.1 Å². The van der Waals surface area contributed by atoms with Gasteiger partial charge in [0.25, 0.3) is 0 Å². The highest BCUT2D eigenvalue weighted by atomic mass is 35.5. The van der Waals surface area contributed by atoms with Crippen molar-refractivity contribution in [2.75, 3.05) is 17.2 Å². The van der Waals surface area contributed by atoms with Crippen molar-refractivity contribution in [2.45, 2.75) is 13.3 Å². The van der Waals surface area contributed by atoms with Crippen LogP contribution in [-0.2, 0) is 9.59 Å². The lowest BCUT2D eigenvalue weighted by Gasteiger charge is -2.19. The summed E-state index contributed by atoms with van der Waals surface area (Å²) < 4.78 is 26.8. The van der Waals surface area contributed by atoms with E-state index < -0.39 is 11.6 Å². The summed E-state index contributed by atoms with van der Waals surface area (Å²) in [7, 11) is 0. The molecule has 1 unspecified atom stereocenters. The lowest BCUT2D eigenvalue weighted by atomic mass is 10.1. The Bertz CT molecular complexity index is 544. The zero-order valence-corrected chi connectivity index (χ0v) is 12.2. The Labute approximate surface area is 124 Å². The van der Waals surface area contributed by atoms with Gasteiger partial charge in [0.2, 0.25) is 5.91 Å². The van der Waals surface area contributed by atoms with E-state index >= 15 is 0 Å². The number of anilines is 1. The Balaban J connectivity index is 2.18. The minimum atomic E-state index is -0.858. The maximum atomic E-state index is 13.8. The number of thioether (sulfide) groups is 1. The van der Waals surface area contributed by atoms with Crippen molar-refractivity contribution in [3.63, 3.8) is 0 Å². The minimum Gasteiger partial charge on any atom is -0.308 e. The Morgan fingerprint density at radius 3 is 2.80 bits per heavy atom. The minimum absolute atomic E-state index is 0.0260. The predicted molar refractivity (Wildman–Crippen MR) is 75.0 cm³/mol. The first-order chi connectivity index (χ1) is 9.38. The molecule has 20 heavy (non-hydrogen) atoms. The summed E-state index contributed by atoms with van der Waals surface area (Å²) in [5.41, 5.74) is -0.0895. The summed E-state index contributed by atoms with van der Waals surface area (Å²) in [4.78, 5) is 24.1. The molecular formula is C13H12ClF2NO2S. The maximum absolute atomic E-state index is 13.8. The van der Waals surface area contributed by atoms with Crippen molar-refractivity contribution in [3.8, 4) is 0 Å². The summed E-state index contributed by atoms with van der Waals surface area (Å²) >= 11 is 6.96. The molecule has 1 aromatic carbocycles. The average Bonchev–Trinajstić information content (AvgIpc) is 2.67. The summed E-state index contributed by atoms with van der Waals surface area (Å²) in [6.45, 7) is 1.73. The van der Waals surface area contributed by atoms with Gasteiger partial charge in [-0.1, -0.05) is 23.4 Å². The Hall–Kier alpha value is -1.14. The number of halogens is 3. The summed E-state index contributed by atoms with van der Waals surface area (Å²) in [5.74, 6) is -1.46. The van der Waals surface area contributed by atoms with Gasteiger partial charge in [0.05, 0.1) is 10.7 Å². The van der Waals surface area contributed by atoms with Gasteiger partial charge in [-0.25, -0.2) is 8.78 Å². The second-order valence-electron chi connectivity index (χ2n) is 4.60. The van der Waals surface area contributed by atoms with Crippen molar-refractivity contribution < 1.29 is 18.4 Å². The Kier molecular flexibility index (Phi) is 4.65. The van der Waals surface area contributed by atoms with Crippen molar-refractivity contribution in [3.05, 3.63) is 28.8 Å². The van der Waals surface area contributed by atoms with E-state index in [2.05, 4.69) is 0 Å². The van der Waals surface area contributed by atoms with Crippen molar-refractivity contribution in [1.82, 2.24) is 0 Å². The van der Waals surface area contributed by atoms with Crippen LogP contribution in [0.3, 0.4) is 0 Å². The van der Waals surface area contributed by atoms with Gasteiger partial charge >= 0.3 is 0 Å². The molecular weight excluding hydrogens is 308 g/mol. The summed E-state index contributed by atoms with van der Waals surface area (Å²) in [6, 6.07) is 1.68. The van der Waals surface area contributed by atoms with Gasteiger partial charge in [-0.2, -0.15) is 0 Å². The van der Waals surface area contributed by atoms with E-state index in [4.69, 9.17) is 11.6 Å². The van der Waals surface area contributed by atoms with Crippen LogP contribution >= 0.6 is 23.4 Å². The van der Waals surface area contributed by atoms with Crippen LogP contribution in [0.5, 0.6) is 0 Å². The third-order valence-electron chi connectivity index (χ3n) is 2.98. The molecule has 2 rings (SSSR count). The molecule has 1 aliphatic heterocycles. The molecule has 0 radical (unpaired) electrons. The lowest BCUT2D eigenvalue weighted by molar-refractivity contribution is -0.117. The molecule has 1 saturated heterocycles. The van der Waals surface area contributed by atoms with Crippen LogP contribution in [0.25, 0.3) is 0 Å². The molecule has 108 valence electrons. The molecule has 1 heterocycles. The van der Waals surface area contributed by atoms with Crippen LogP contribution in [0.2, 0.25) is 5.02 Å². The van der Waals surface area contributed by atoms with Crippen LogP contribution in [0.4, 0.5) is 14.5 Å². The van der Waals surface area contributed by atoms with Crippen LogP contribution in [-0.4, -0.2) is 23.3 Å². The molecule has 0 aliphatic carbocycles. The van der Waals surface area contributed by atoms with E-state index in [1.807, 2.05) is 0 Å². The van der Waals surface area contributed by atoms with Crippen molar-refractivity contribution in [2.24, 2.45) is 5.92 Å². The monoisotopic (exact) mass is 319 g/mol. The average molecular weight is 320 g/mol. The number of hydrogen-bond donors (Lipinski definition) is 0. The molecule has 7 heteroatoms. The fourth-order valence-electron chi connectivity index (χ4n) is 2.14. The second kappa shape index (κ2) is 6.10. The number of rotatable bonds is 3. The highest BCUT2D eigenvalue weighted by Gasteiger charge is 2.33. The first kappa shape index (κ1) is 15.3. The highest BCUT2D eigenvalue weighted by molar-refractivity contribution is 8.13. The number of carbonyl (C=O) groups is 2. The van der Waals surface area contributed by atoms with Gasteiger partial charge in [0.15, 0.2) is 10.9 Å². The van der Waals surface area contributed by atoms with E-state index in [0.717, 1.165) is 17.8 Å². The van der Waals surface area contributed by atoms with Gasteiger partial charge in [0.1, 0.15) is 5.82 Å². The predicted octanol–water partition coefficient (Wildman–Crippen LogP) is 3.25. The summed E-state index contributed by atoms with van der Waals surface area (Å²) in [5, 5.41) is -0.155. The van der Waals surface area contributed by atoms with Crippen molar-refractivity contribution in [1.29, 1.82) is 0 Å². The third-order valence-corrected chi connectivity index (χ3v) is 4.31. The molecule has 1 atom stereocenters. The van der Waals surface area contributed by atoms with Gasteiger partial charge in [-0.05, 0) is 12.0 Å². The van der Waals surface area contributed by atoms with Gasteiger partial charge in [0, 0.05) is 31.7 Å². The summed E-state index contributed by atoms with van der Waals surface area (Å²) in [6.07, 6.45) is 0.230. The number of benzene rings is 1. The zero-order chi connectivity index (χ0) is 14.9. The number of amides is 1. The van der Waals surface area contributed by atoms with E-state index in [-0.39, 0.29) is 40.6 Å². The molecule has 0 saturated carbocycles. The molecule has 1 aromatic rings. The van der Waals surface area contributed by atoms with Crippen LogP contribution < -0.4 is 4.90 Å². The van der Waals surface area contributed by atoms with Gasteiger partial charge in [-0.3, -0.25) is 9.59 Å². The normalized spacial score (nSPS) is 18.7.